The maximum atomic E-state index is 12.5. The molecule has 3 heterocycles. The number of carbonyl (C=O) groups excluding carboxylic acids is 1. The van der Waals surface area contributed by atoms with E-state index in [2.05, 4.69) is 46.1 Å². The molecule has 7 nitrogen and oxygen atoms in total. The Morgan fingerprint density at radius 3 is 2.57 bits per heavy atom. The Kier molecular flexibility index (Phi) is 5.38. The van der Waals surface area contributed by atoms with Crippen LogP contribution in [0.3, 0.4) is 0 Å². The average molecular weight is 395 g/mol. The molecule has 0 aliphatic carbocycles. The topological polar surface area (TPSA) is 85.0 Å². The van der Waals surface area contributed by atoms with E-state index >= 15 is 0 Å². The third-order valence-electron chi connectivity index (χ3n) is 4.44. The maximum absolute atomic E-state index is 12.5. The van der Waals surface area contributed by atoms with E-state index in [9.17, 15) is 4.79 Å². The summed E-state index contributed by atoms with van der Waals surface area (Å²) >= 11 is 1.82. The zero-order chi connectivity index (χ0) is 19.5. The SMILES string of the molecule is CC(C)Sc1ccc(CC(=O)N2CC(c3nc(-c4ncccn4)no3)C2)cc1. The molecule has 1 aromatic carbocycles. The van der Waals surface area contributed by atoms with Gasteiger partial charge in [-0.1, -0.05) is 31.1 Å². The van der Waals surface area contributed by atoms with Gasteiger partial charge in [-0.15, -0.1) is 11.8 Å². The Morgan fingerprint density at radius 2 is 1.89 bits per heavy atom. The summed E-state index contributed by atoms with van der Waals surface area (Å²) in [6, 6.07) is 9.96. The lowest BCUT2D eigenvalue weighted by molar-refractivity contribution is -0.135. The first-order chi connectivity index (χ1) is 13.6. The standard InChI is InChI=1S/C20H21N5O2S/c1-13(2)28-16-6-4-14(5-7-16)10-17(26)25-11-15(12-25)20-23-19(24-27-20)18-21-8-3-9-22-18/h3-9,13,15H,10-12H2,1-2H3. The van der Waals surface area contributed by atoms with Gasteiger partial charge in [0.25, 0.3) is 0 Å². The molecule has 1 aliphatic rings. The summed E-state index contributed by atoms with van der Waals surface area (Å²) in [6.45, 7) is 5.53. The van der Waals surface area contributed by atoms with Gasteiger partial charge in [0.2, 0.25) is 23.4 Å². The highest BCUT2D eigenvalue weighted by atomic mass is 32.2. The van der Waals surface area contributed by atoms with Crippen molar-refractivity contribution in [2.24, 2.45) is 0 Å². The molecule has 0 bridgehead atoms. The molecule has 4 rings (SSSR count). The van der Waals surface area contributed by atoms with Crippen LogP contribution in [0.4, 0.5) is 0 Å². The third kappa shape index (κ3) is 4.22. The first kappa shape index (κ1) is 18.6. The van der Waals surface area contributed by atoms with Crippen LogP contribution in [-0.4, -0.2) is 49.3 Å². The number of hydrogen-bond donors (Lipinski definition) is 0. The van der Waals surface area contributed by atoms with Crippen molar-refractivity contribution in [1.29, 1.82) is 0 Å². The third-order valence-corrected chi connectivity index (χ3v) is 5.46. The van der Waals surface area contributed by atoms with Gasteiger partial charge >= 0.3 is 0 Å². The minimum atomic E-state index is 0.0683. The van der Waals surface area contributed by atoms with Crippen molar-refractivity contribution in [3.05, 3.63) is 54.2 Å². The summed E-state index contributed by atoms with van der Waals surface area (Å²) in [5.41, 5.74) is 1.03. The van der Waals surface area contributed by atoms with E-state index in [1.807, 2.05) is 28.8 Å². The molecule has 0 saturated carbocycles. The van der Waals surface area contributed by atoms with Gasteiger partial charge in [0.1, 0.15) is 0 Å². The van der Waals surface area contributed by atoms with Gasteiger partial charge in [0.05, 0.1) is 12.3 Å². The second-order valence-electron chi connectivity index (χ2n) is 7.01. The van der Waals surface area contributed by atoms with E-state index in [1.54, 1.807) is 18.5 Å². The number of benzene rings is 1. The molecule has 3 aromatic rings. The van der Waals surface area contributed by atoms with Crippen molar-refractivity contribution in [3.8, 4) is 11.6 Å². The zero-order valence-electron chi connectivity index (χ0n) is 15.8. The molecule has 1 aliphatic heterocycles. The van der Waals surface area contributed by atoms with Gasteiger partial charge in [-0.2, -0.15) is 4.98 Å². The molecule has 8 heteroatoms. The summed E-state index contributed by atoms with van der Waals surface area (Å²) in [6.07, 6.45) is 3.68. The first-order valence-corrected chi connectivity index (χ1v) is 10.1. The Labute approximate surface area is 167 Å². The predicted octanol–water partition coefficient (Wildman–Crippen LogP) is 3.20. The number of hydrogen-bond acceptors (Lipinski definition) is 7. The molecule has 0 unspecified atom stereocenters. The lowest BCUT2D eigenvalue weighted by atomic mass is 9.99. The summed E-state index contributed by atoms with van der Waals surface area (Å²) < 4.78 is 5.33. The molecular formula is C20H21N5O2S. The molecule has 0 atom stereocenters. The normalized spacial score (nSPS) is 14.3. The minimum absolute atomic E-state index is 0.0683. The number of amides is 1. The van der Waals surface area contributed by atoms with E-state index in [1.165, 1.54) is 4.90 Å². The Morgan fingerprint density at radius 1 is 1.18 bits per heavy atom. The second kappa shape index (κ2) is 8.10. The summed E-state index contributed by atoms with van der Waals surface area (Å²) in [7, 11) is 0. The van der Waals surface area contributed by atoms with Crippen LogP contribution >= 0.6 is 11.8 Å². The van der Waals surface area contributed by atoms with Crippen LogP contribution in [0, 0.1) is 0 Å². The fourth-order valence-electron chi connectivity index (χ4n) is 2.99. The van der Waals surface area contributed by atoms with E-state index in [-0.39, 0.29) is 11.8 Å². The van der Waals surface area contributed by atoms with Crippen LogP contribution < -0.4 is 0 Å². The molecule has 0 radical (unpaired) electrons. The van der Waals surface area contributed by atoms with Gasteiger partial charge < -0.3 is 9.42 Å². The van der Waals surface area contributed by atoms with Gasteiger partial charge in [-0.3, -0.25) is 4.79 Å². The largest absolute Gasteiger partial charge is 0.341 e. The smallest absolute Gasteiger partial charge is 0.240 e. The van der Waals surface area contributed by atoms with Crippen molar-refractivity contribution in [2.75, 3.05) is 13.1 Å². The number of nitrogens with zero attached hydrogens (tertiary/aromatic N) is 5. The Balaban J connectivity index is 1.30. The van der Waals surface area contributed by atoms with E-state index in [4.69, 9.17) is 4.52 Å². The minimum Gasteiger partial charge on any atom is -0.341 e. The molecule has 1 saturated heterocycles. The van der Waals surface area contributed by atoms with Gasteiger partial charge in [0, 0.05) is 35.6 Å². The molecule has 2 aromatic heterocycles. The number of carbonyl (C=O) groups is 1. The Bertz CT molecular complexity index is 937. The van der Waals surface area contributed by atoms with Crippen LogP contribution in [0.2, 0.25) is 0 Å². The van der Waals surface area contributed by atoms with E-state index in [0.29, 0.717) is 42.3 Å². The molecule has 0 spiro atoms. The van der Waals surface area contributed by atoms with E-state index < -0.39 is 0 Å². The lowest BCUT2D eigenvalue weighted by Crippen LogP contribution is -2.49. The van der Waals surface area contributed by atoms with Crippen LogP contribution in [0.15, 0.2) is 52.1 Å². The molecular weight excluding hydrogens is 374 g/mol. The zero-order valence-corrected chi connectivity index (χ0v) is 16.6. The predicted molar refractivity (Wildman–Crippen MR) is 106 cm³/mol. The lowest BCUT2D eigenvalue weighted by Gasteiger charge is -2.37. The first-order valence-electron chi connectivity index (χ1n) is 9.23. The monoisotopic (exact) mass is 395 g/mol. The van der Waals surface area contributed by atoms with Gasteiger partial charge in [0.15, 0.2) is 0 Å². The number of likely N-dealkylation sites (tertiary alicyclic amines) is 1. The average Bonchev–Trinajstić information content (AvgIpc) is 3.12. The quantitative estimate of drug-likeness (QED) is 0.593. The molecule has 1 fully saturated rings. The summed E-state index contributed by atoms with van der Waals surface area (Å²) in [5, 5.41) is 4.48. The highest BCUT2D eigenvalue weighted by Crippen LogP contribution is 2.28. The molecule has 28 heavy (non-hydrogen) atoms. The van der Waals surface area contributed by atoms with Crippen molar-refractivity contribution in [3.63, 3.8) is 0 Å². The molecule has 144 valence electrons. The van der Waals surface area contributed by atoms with Crippen LogP contribution in [0.1, 0.15) is 31.2 Å². The highest BCUT2D eigenvalue weighted by molar-refractivity contribution is 7.99. The second-order valence-corrected chi connectivity index (χ2v) is 8.66. The molecule has 0 N–H and O–H groups in total. The van der Waals surface area contributed by atoms with Gasteiger partial charge in [-0.25, -0.2) is 9.97 Å². The summed E-state index contributed by atoms with van der Waals surface area (Å²) in [5.74, 6) is 1.52. The van der Waals surface area contributed by atoms with E-state index in [0.717, 1.165) is 5.56 Å². The summed E-state index contributed by atoms with van der Waals surface area (Å²) in [4.78, 5) is 28.1. The highest BCUT2D eigenvalue weighted by Gasteiger charge is 2.35. The fourth-order valence-corrected chi connectivity index (χ4v) is 3.83. The van der Waals surface area contributed by atoms with Crippen LogP contribution in [-0.2, 0) is 11.2 Å². The van der Waals surface area contributed by atoms with Crippen LogP contribution in [0.25, 0.3) is 11.6 Å². The van der Waals surface area contributed by atoms with Gasteiger partial charge in [-0.05, 0) is 23.8 Å². The number of aromatic nitrogens is 4. The van der Waals surface area contributed by atoms with Crippen LogP contribution in [0.5, 0.6) is 0 Å². The maximum Gasteiger partial charge on any atom is 0.240 e. The van der Waals surface area contributed by atoms with Crippen molar-refractivity contribution >= 4 is 17.7 Å². The van der Waals surface area contributed by atoms with Crippen molar-refractivity contribution in [2.45, 2.75) is 36.3 Å². The molecule has 1 amide bonds. The number of rotatable bonds is 6. The van der Waals surface area contributed by atoms with Crippen molar-refractivity contribution in [1.82, 2.24) is 25.0 Å². The Hall–Kier alpha value is -2.74. The van der Waals surface area contributed by atoms with Crippen molar-refractivity contribution < 1.29 is 9.32 Å². The number of thioether (sulfide) groups is 1. The fraction of sp³-hybridized carbons (Fsp3) is 0.350.